The van der Waals surface area contributed by atoms with E-state index in [2.05, 4.69) is 5.32 Å². The number of hydrogen-bond acceptors (Lipinski definition) is 2. The molecular weight excluding hydrogens is 243 g/mol. The molecule has 3 N–H and O–H groups in total. The summed E-state index contributed by atoms with van der Waals surface area (Å²) in [5.41, 5.74) is 6.12. The van der Waals surface area contributed by atoms with Crippen molar-refractivity contribution in [3.63, 3.8) is 0 Å². The predicted octanol–water partition coefficient (Wildman–Crippen LogP) is 2.35. The number of hydrogen-bond donors (Lipinski definition) is 2. The van der Waals surface area contributed by atoms with Gasteiger partial charge in [-0.05, 0) is 56.3 Å². The van der Waals surface area contributed by atoms with Crippen molar-refractivity contribution in [1.29, 1.82) is 0 Å². The van der Waals surface area contributed by atoms with Crippen molar-refractivity contribution in [2.24, 2.45) is 23.5 Å². The monoisotopic (exact) mass is 266 g/mol. The first-order valence-corrected chi connectivity index (χ1v) is 6.25. The molecule has 0 radical (unpaired) electrons. The summed E-state index contributed by atoms with van der Waals surface area (Å²) in [4.78, 5) is 0. The predicted molar refractivity (Wildman–Crippen MR) is 72.5 cm³/mol. The van der Waals surface area contributed by atoms with Crippen LogP contribution in [0.3, 0.4) is 0 Å². The van der Waals surface area contributed by atoms with E-state index in [1.54, 1.807) is 0 Å². The van der Waals surface area contributed by atoms with Crippen LogP contribution in [-0.4, -0.2) is 18.6 Å². The van der Waals surface area contributed by atoms with Gasteiger partial charge in [0.1, 0.15) is 0 Å². The average Bonchev–Trinajstić information content (AvgIpc) is 2.12. The maximum absolute atomic E-state index is 5.60. The smallest absolute Gasteiger partial charge is 0.0190 e. The molecule has 16 heavy (non-hydrogen) atoms. The van der Waals surface area contributed by atoms with Gasteiger partial charge >= 0.3 is 0 Å². The molecule has 4 fully saturated rings. The lowest BCUT2D eigenvalue weighted by molar-refractivity contribution is -0.0190. The fourth-order valence-corrected chi connectivity index (χ4v) is 4.66. The third-order valence-electron chi connectivity index (χ3n) is 4.68. The highest BCUT2D eigenvalue weighted by atomic mass is 35.5. The first-order valence-electron chi connectivity index (χ1n) is 6.25. The molecule has 4 bridgehead atoms. The Balaban J connectivity index is 0.000000640. The fraction of sp³-hybridized carbons (Fsp3) is 1.00. The first-order chi connectivity index (χ1) is 6.80. The Morgan fingerprint density at radius 1 is 0.938 bits per heavy atom. The third kappa shape index (κ3) is 2.50. The molecule has 0 saturated heterocycles. The highest BCUT2D eigenvalue weighted by Crippen LogP contribution is 2.55. The van der Waals surface area contributed by atoms with E-state index < -0.39 is 0 Å². The van der Waals surface area contributed by atoms with Crippen LogP contribution in [0.25, 0.3) is 0 Å². The zero-order valence-corrected chi connectivity index (χ0v) is 11.4. The van der Waals surface area contributed by atoms with Crippen molar-refractivity contribution in [2.45, 2.75) is 44.1 Å². The summed E-state index contributed by atoms with van der Waals surface area (Å²) in [6.45, 7) is 1.81. The topological polar surface area (TPSA) is 38.0 Å². The second-order valence-corrected chi connectivity index (χ2v) is 5.91. The normalized spacial score (nSPS) is 43.7. The van der Waals surface area contributed by atoms with E-state index in [1.165, 1.54) is 38.5 Å². The van der Waals surface area contributed by atoms with E-state index in [-0.39, 0.29) is 24.8 Å². The Kier molecular flexibility index (Phi) is 4.94. The summed E-state index contributed by atoms with van der Waals surface area (Å²) in [5, 5.41) is 3.75. The molecule has 0 spiro atoms. The van der Waals surface area contributed by atoms with Crippen molar-refractivity contribution in [2.75, 3.05) is 13.1 Å². The van der Waals surface area contributed by atoms with Crippen LogP contribution in [-0.2, 0) is 0 Å². The standard InChI is InChI=1S/C12H22N2.2ClH/c13-1-2-14-12-6-9-3-10(7-12)5-11(4-9)8-12;;/h9-11,14H,1-8,13H2;2*1H. The lowest BCUT2D eigenvalue weighted by Gasteiger charge is -2.57. The Labute approximate surface area is 111 Å². The molecular formula is C12H24Cl2N2. The Hall–Kier alpha value is 0.500. The van der Waals surface area contributed by atoms with E-state index in [0.717, 1.165) is 30.8 Å². The highest BCUT2D eigenvalue weighted by Gasteiger charge is 2.50. The zero-order valence-electron chi connectivity index (χ0n) is 9.78. The van der Waals surface area contributed by atoms with Gasteiger partial charge in [0.05, 0.1) is 0 Å². The van der Waals surface area contributed by atoms with E-state index in [9.17, 15) is 0 Å². The van der Waals surface area contributed by atoms with Gasteiger partial charge in [-0.25, -0.2) is 0 Å². The molecule has 96 valence electrons. The lowest BCUT2D eigenvalue weighted by atomic mass is 9.53. The summed E-state index contributed by atoms with van der Waals surface area (Å²) >= 11 is 0. The van der Waals surface area contributed by atoms with Gasteiger partial charge in [-0.15, -0.1) is 24.8 Å². The first kappa shape index (κ1) is 14.6. The van der Waals surface area contributed by atoms with Crippen LogP contribution in [0.1, 0.15) is 38.5 Å². The van der Waals surface area contributed by atoms with Crippen LogP contribution < -0.4 is 11.1 Å². The van der Waals surface area contributed by atoms with Crippen molar-refractivity contribution < 1.29 is 0 Å². The van der Waals surface area contributed by atoms with Gasteiger partial charge in [-0.2, -0.15) is 0 Å². The van der Waals surface area contributed by atoms with Crippen LogP contribution >= 0.6 is 24.8 Å². The van der Waals surface area contributed by atoms with Crippen molar-refractivity contribution in [1.82, 2.24) is 5.32 Å². The van der Waals surface area contributed by atoms with E-state index in [1.807, 2.05) is 0 Å². The Bertz CT molecular complexity index is 198. The molecule has 2 nitrogen and oxygen atoms in total. The minimum absolute atomic E-state index is 0. The maximum atomic E-state index is 5.60. The quantitative estimate of drug-likeness (QED) is 0.823. The molecule has 4 aliphatic rings. The van der Waals surface area contributed by atoms with Gasteiger partial charge in [0.2, 0.25) is 0 Å². The molecule has 0 amide bonds. The van der Waals surface area contributed by atoms with E-state index in [0.29, 0.717) is 5.54 Å². The molecule has 0 heterocycles. The molecule has 4 rings (SSSR count). The van der Waals surface area contributed by atoms with E-state index in [4.69, 9.17) is 5.73 Å². The average molecular weight is 267 g/mol. The molecule has 4 heteroatoms. The number of halogens is 2. The molecule has 0 unspecified atom stereocenters. The number of nitrogens with one attached hydrogen (secondary N) is 1. The Morgan fingerprint density at radius 3 is 1.75 bits per heavy atom. The largest absolute Gasteiger partial charge is 0.329 e. The maximum Gasteiger partial charge on any atom is 0.0190 e. The van der Waals surface area contributed by atoms with Crippen molar-refractivity contribution in [3.05, 3.63) is 0 Å². The van der Waals surface area contributed by atoms with Gasteiger partial charge in [-0.1, -0.05) is 0 Å². The Morgan fingerprint density at radius 2 is 1.38 bits per heavy atom. The molecule has 4 saturated carbocycles. The molecule has 0 aromatic heterocycles. The summed E-state index contributed by atoms with van der Waals surface area (Å²) in [7, 11) is 0. The summed E-state index contributed by atoms with van der Waals surface area (Å²) < 4.78 is 0. The molecule has 0 atom stereocenters. The second-order valence-electron chi connectivity index (χ2n) is 5.91. The lowest BCUT2D eigenvalue weighted by Crippen LogP contribution is -2.59. The zero-order chi connectivity index (χ0) is 9.60. The number of rotatable bonds is 3. The SMILES string of the molecule is Cl.Cl.NCCNC12CC3CC(CC(C3)C1)C2. The van der Waals surface area contributed by atoms with Crippen LogP contribution in [0.15, 0.2) is 0 Å². The fourth-order valence-electron chi connectivity index (χ4n) is 4.66. The van der Waals surface area contributed by atoms with Gasteiger partial charge in [0.15, 0.2) is 0 Å². The third-order valence-corrected chi connectivity index (χ3v) is 4.68. The van der Waals surface area contributed by atoms with Gasteiger partial charge in [0, 0.05) is 18.6 Å². The van der Waals surface area contributed by atoms with Gasteiger partial charge in [0.25, 0.3) is 0 Å². The minimum Gasteiger partial charge on any atom is -0.329 e. The summed E-state index contributed by atoms with van der Waals surface area (Å²) in [5.74, 6) is 3.14. The van der Waals surface area contributed by atoms with Crippen LogP contribution in [0.4, 0.5) is 0 Å². The second kappa shape index (κ2) is 5.43. The minimum atomic E-state index is 0. The highest BCUT2D eigenvalue weighted by molar-refractivity contribution is 5.85. The van der Waals surface area contributed by atoms with Crippen molar-refractivity contribution in [3.8, 4) is 0 Å². The van der Waals surface area contributed by atoms with E-state index >= 15 is 0 Å². The van der Waals surface area contributed by atoms with Crippen LogP contribution in [0, 0.1) is 17.8 Å². The van der Waals surface area contributed by atoms with Crippen LogP contribution in [0.5, 0.6) is 0 Å². The molecule has 0 aliphatic heterocycles. The van der Waals surface area contributed by atoms with Crippen LogP contribution in [0.2, 0.25) is 0 Å². The summed E-state index contributed by atoms with van der Waals surface area (Å²) in [6, 6.07) is 0. The molecule has 4 aliphatic carbocycles. The molecule has 0 aromatic rings. The number of nitrogens with two attached hydrogens (primary N) is 1. The summed E-state index contributed by atoms with van der Waals surface area (Å²) in [6.07, 6.45) is 8.92. The van der Waals surface area contributed by atoms with Crippen molar-refractivity contribution >= 4 is 24.8 Å². The van der Waals surface area contributed by atoms with Gasteiger partial charge in [-0.3, -0.25) is 0 Å². The molecule has 0 aromatic carbocycles. The van der Waals surface area contributed by atoms with Gasteiger partial charge < -0.3 is 11.1 Å².